The lowest BCUT2D eigenvalue weighted by Gasteiger charge is -2.25. The summed E-state index contributed by atoms with van der Waals surface area (Å²) in [6.07, 6.45) is 3.76. The van der Waals surface area contributed by atoms with Crippen LogP contribution in [0, 0.1) is 0 Å². The van der Waals surface area contributed by atoms with E-state index < -0.39 is 0 Å². The zero-order valence-corrected chi connectivity index (χ0v) is 12.6. The average molecular weight is 295 g/mol. The van der Waals surface area contributed by atoms with Gasteiger partial charge in [-0.05, 0) is 48.1 Å². The van der Waals surface area contributed by atoms with Crippen LogP contribution in [0.5, 0.6) is 5.75 Å². The molecule has 114 valence electrons. The standard InChI is InChI=1S/C19H21NO2/c21-17-9-3-5-14(11-17)12-19(22)20-13-16-8-4-7-15-6-1-2-10-18(15)16/h1-3,5-6,9-11,16,21H,4,7-8,12-13H2,(H,20,22)/t16-/m0/s1. The first-order valence-corrected chi connectivity index (χ1v) is 7.85. The van der Waals surface area contributed by atoms with E-state index in [1.807, 2.05) is 6.07 Å². The van der Waals surface area contributed by atoms with Crippen LogP contribution in [0.4, 0.5) is 0 Å². The van der Waals surface area contributed by atoms with Gasteiger partial charge in [0.1, 0.15) is 5.75 Å². The van der Waals surface area contributed by atoms with Crippen LogP contribution in [0.2, 0.25) is 0 Å². The van der Waals surface area contributed by atoms with E-state index >= 15 is 0 Å². The van der Waals surface area contributed by atoms with Crippen molar-refractivity contribution in [1.29, 1.82) is 0 Å². The summed E-state index contributed by atoms with van der Waals surface area (Å²) in [5.74, 6) is 0.623. The summed E-state index contributed by atoms with van der Waals surface area (Å²) in [6, 6.07) is 15.4. The molecule has 0 unspecified atom stereocenters. The number of aromatic hydroxyl groups is 1. The number of carbonyl (C=O) groups is 1. The molecule has 3 rings (SSSR count). The monoisotopic (exact) mass is 295 g/mol. The molecule has 1 aliphatic rings. The summed E-state index contributed by atoms with van der Waals surface area (Å²) in [7, 11) is 0. The molecular formula is C19H21NO2. The second-order valence-corrected chi connectivity index (χ2v) is 5.94. The van der Waals surface area contributed by atoms with Gasteiger partial charge in [-0.3, -0.25) is 4.79 Å². The molecule has 0 aliphatic heterocycles. The van der Waals surface area contributed by atoms with Crippen molar-refractivity contribution in [1.82, 2.24) is 5.32 Å². The van der Waals surface area contributed by atoms with Crippen molar-refractivity contribution < 1.29 is 9.90 Å². The minimum Gasteiger partial charge on any atom is -0.508 e. The SMILES string of the molecule is O=C(Cc1cccc(O)c1)NC[C@@H]1CCCc2ccccc21. The molecule has 0 heterocycles. The Morgan fingerprint density at radius 3 is 2.91 bits per heavy atom. The van der Waals surface area contributed by atoms with Gasteiger partial charge in [0.2, 0.25) is 5.91 Å². The highest BCUT2D eigenvalue weighted by molar-refractivity contribution is 5.78. The molecule has 0 bridgehead atoms. The minimum atomic E-state index is 0.00801. The van der Waals surface area contributed by atoms with Crippen LogP contribution in [-0.4, -0.2) is 17.6 Å². The highest BCUT2D eigenvalue weighted by Crippen LogP contribution is 2.30. The average Bonchev–Trinajstić information content (AvgIpc) is 2.53. The van der Waals surface area contributed by atoms with E-state index in [9.17, 15) is 9.90 Å². The summed E-state index contributed by atoms with van der Waals surface area (Å²) in [5, 5.41) is 12.5. The first-order valence-electron chi connectivity index (χ1n) is 7.85. The molecule has 0 aromatic heterocycles. The number of carbonyl (C=O) groups excluding carboxylic acids is 1. The zero-order valence-electron chi connectivity index (χ0n) is 12.6. The Hall–Kier alpha value is -2.29. The topological polar surface area (TPSA) is 49.3 Å². The first kappa shape index (κ1) is 14.6. The third-order valence-corrected chi connectivity index (χ3v) is 4.31. The quantitative estimate of drug-likeness (QED) is 0.910. The largest absolute Gasteiger partial charge is 0.508 e. The third-order valence-electron chi connectivity index (χ3n) is 4.31. The van der Waals surface area contributed by atoms with Crippen molar-refractivity contribution in [2.24, 2.45) is 0 Å². The number of fused-ring (bicyclic) bond motifs is 1. The Balaban J connectivity index is 1.58. The van der Waals surface area contributed by atoms with Gasteiger partial charge in [0.05, 0.1) is 6.42 Å². The Labute approximate surface area is 131 Å². The zero-order chi connectivity index (χ0) is 15.4. The molecule has 0 radical (unpaired) electrons. The molecule has 0 saturated heterocycles. The van der Waals surface area contributed by atoms with Gasteiger partial charge < -0.3 is 10.4 Å². The lowest BCUT2D eigenvalue weighted by atomic mass is 9.83. The number of hydrogen-bond donors (Lipinski definition) is 2. The summed E-state index contributed by atoms with van der Waals surface area (Å²) in [6.45, 7) is 0.689. The van der Waals surface area contributed by atoms with Gasteiger partial charge >= 0.3 is 0 Å². The van der Waals surface area contributed by atoms with E-state index in [-0.39, 0.29) is 11.7 Å². The predicted octanol–water partition coefficient (Wildman–Crippen LogP) is 3.17. The van der Waals surface area contributed by atoms with E-state index in [1.165, 1.54) is 17.5 Å². The fraction of sp³-hybridized carbons (Fsp3) is 0.316. The van der Waals surface area contributed by atoms with Crippen LogP contribution in [0.3, 0.4) is 0 Å². The molecule has 0 fully saturated rings. The van der Waals surface area contributed by atoms with E-state index in [1.54, 1.807) is 18.2 Å². The fourth-order valence-electron chi connectivity index (χ4n) is 3.22. The molecule has 2 aromatic rings. The Morgan fingerprint density at radius 1 is 1.18 bits per heavy atom. The number of benzene rings is 2. The number of nitrogens with one attached hydrogen (secondary N) is 1. The predicted molar refractivity (Wildman–Crippen MR) is 86.9 cm³/mol. The van der Waals surface area contributed by atoms with Crippen LogP contribution in [0.25, 0.3) is 0 Å². The normalized spacial score (nSPS) is 16.8. The van der Waals surface area contributed by atoms with Crippen molar-refractivity contribution in [2.45, 2.75) is 31.6 Å². The van der Waals surface area contributed by atoms with E-state index in [0.29, 0.717) is 18.9 Å². The minimum absolute atomic E-state index is 0.00801. The number of amides is 1. The van der Waals surface area contributed by atoms with Gasteiger partial charge in [-0.1, -0.05) is 36.4 Å². The lowest BCUT2D eigenvalue weighted by Crippen LogP contribution is -2.31. The molecule has 3 heteroatoms. The van der Waals surface area contributed by atoms with Crippen molar-refractivity contribution >= 4 is 5.91 Å². The van der Waals surface area contributed by atoms with Crippen LogP contribution in [0.1, 0.15) is 35.4 Å². The maximum absolute atomic E-state index is 12.1. The van der Waals surface area contributed by atoms with Gasteiger partial charge in [0.25, 0.3) is 0 Å². The van der Waals surface area contributed by atoms with Gasteiger partial charge in [0, 0.05) is 12.5 Å². The second kappa shape index (κ2) is 6.65. The molecule has 2 N–H and O–H groups in total. The van der Waals surface area contributed by atoms with E-state index in [0.717, 1.165) is 18.4 Å². The number of rotatable bonds is 4. The number of hydrogen-bond acceptors (Lipinski definition) is 2. The van der Waals surface area contributed by atoms with Gasteiger partial charge in [0.15, 0.2) is 0 Å². The maximum atomic E-state index is 12.1. The Kier molecular flexibility index (Phi) is 4.42. The Morgan fingerprint density at radius 2 is 2.05 bits per heavy atom. The van der Waals surface area contributed by atoms with E-state index in [4.69, 9.17) is 0 Å². The second-order valence-electron chi connectivity index (χ2n) is 5.94. The summed E-state index contributed by atoms with van der Waals surface area (Å²) in [5.41, 5.74) is 3.63. The van der Waals surface area contributed by atoms with Gasteiger partial charge in [-0.15, -0.1) is 0 Å². The molecule has 22 heavy (non-hydrogen) atoms. The van der Waals surface area contributed by atoms with Crippen LogP contribution < -0.4 is 5.32 Å². The Bertz CT molecular complexity index is 666. The summed E-state index contributed by atoms with van der Waals surface area (Å²) in [4.78, 5) is 12.1. The number of phenols is 1. The smallest absolute Gasteiger partial charge is 0.224 e. The van der Waals surface area contributed by atoms with Crippen molar-refractivity contribution in [3.05, 3.63) is 65.2 Å². The molecule has 0 spiro atoms. The highest BCUT2D eigenvalue weighted by atomic mass is 16.3. The van der Waals surface area contributed by atoms with Crippen molar-refractivity contribution in [3.8, 4) is 5.75 Å². The molecule has 1 amide bonds. The first-order chi connectivity index (χ1) is 10.7. The maximum Gasteiger partial charge on any atom is 0.224 e. The number of aryl methyl sites for hydroxylation is 1. The fourth-order valence-corrected chi connectivity index (χ4v) is 3.22. The molecule has 2 aromatic carbocycles. The molecule has 1 atom stereocenters. The van der Waals surface area contributed by atoms with Crippen LogP contribution >= 0.6 is 0 Å². The molecule has 3 nitrogen and oxygen atoms in total. The molecular weight excluding hydrogens is 274 g/mol. The van der Waals surface area contributed by atoms with Gasteiger partial charge in [-0.2, -0.15) is 0 Å². The van der Waals surface area contributed by atoms with E-state index in [2.05, 4.69) is 29.6 Å². The highest BCUT2D eigenvalue weighted by Gasteiger charge is 2.20. The third kappa shape index (κ3) is 3.48. The number of phenolic OH excluding ortho intramolecular Hbond substituents is 1. The molecule has 1 aliphatic carbocycles. The lowest BCUT2D eigenvalue weighted by molar-refractivity contribution is -0.120. The van der Waals surface area contributed by atoms with Crippen LogP contribution in [0.15, 0.2) is 48.5 Å². The van der Waals surface area contributed by atoms with Crippen molar-refractivity contribution in [3.63, 3.8) is 0 Å². The van der Waals surface area contributed by atoms with Crippen LogP contribution in [-0.2, 0) is 17.6 Å². The molecule has 0 saturated carbocycles. The van der Waals surface area contributed by atoms with Gasteiger partial charge in [-0.25, -0.2) is 0 Å². The summed E-state index contributed by atoms with van der Waals surface area (Å²) < 4.78 is 0. The summed E-state index contributed by atoms with van der Waals surface area (Å²) >= 11 is 0. The van der Waals surface area contributed by atoms with Crippen molar-refractivity contribution in [2.75, 3.05) is 6.54 Å².